The maximum atomic E-state index is 8.79. The third-order valence-electron chi connectivity index (χ3n) is 3.45. The number of thiophene rings is 1. The summed E-state index contributed by atoms with van der Waals surface area (Å²) >= 11 is 1.84. The van der Waals surface area contributed by atoms with E-state index in [-0.39, 0.29) is 0 Å². The molecule has 0 aliphatic carbocycles. The van der Waals surface area contributed by atoms with Gasteiger partial charge in [0.25, 0.3) is 0 Å². The summed E-state index contributed by atoms with van der Waals surface area (Å²) < 4.78 is 0. The summed E-state index contributed by atoms with van der Waals surface area (Å²) in [5, 5.41) is 11.0. The Balaban J connectivity index is 1.92. The molecule has 0 radical (unpaired) electrons. The molecule has 2 aromatic rings. The van der Waals surface area contributed by atoms with Gasteiger partial charge >= 0.3 is 0 Å². The number of hydrogen-bond donors (Lipinski definition) is 0. The molecule has 0 spiro atoms. The van der Waals surface area contributed by atoms with Gasteiger partial charge in [0, 0.05) is 17.6 Å². The van der Waals surface area contributed by atoms with Gasteiger partial charge in [-0.25, -0.2) is 4.98 Å². The van der Waals surface area contributed by atoms with Crippen LogP contribution in [0.2, 0.25) is 0 Å². The highest BCUT2D eigenvalue weighted by Crippen LogP contribution is 2.35. The summed E-state index contributed by atoms with van der Waals surface area (Å²) in [4.78, 5) is 8.18. The van der Waals surface area contributed by atoms with Gasteiger partial charge in [-0.05, 0) is 42.5 Å². The Hall–Kier alpha value is -1.86. The maximum Gasteiger partial charge on any atom is 0.129 e. The van der Waals surface area contributed by atoms with E-state index >= 15 is 0 Å². The fraction of sp³-hybridized carbons (Fsp3) is 0.286. The van der Waals surface area contributed by atoms with Gasteiger partial charge in [-0.3, -0.25) is 0 Å². The van der Waals surface area contributed by atoms with Crippen molar-refractivity contribution in [3.63, 3.8) is 0 Å². The zero-order valence-corrected chi connectivity index (χ0v) is 10.9. The summed E-state index contributed by atoms with van der Waals surface area (Å²) in [5.41, 5.74) is 2.03. The Morgan fingerprint density at radius 2 is 2.33 bits per heavy atom. The number of pyridine rings is 1. The van der Waals surface area contributed by atoms with E-state index in [0.29, 0.717) is 11.6 Å². The fourth-order valence-corrected chi connectivity index (χ4v) is 3.41. The van der Waals surface area contributed by atoms with Crippen LogP contribution in [-0.4, -0.2) is 11.5 Å². The zero-order valence-electron chi connectivity index (χ0n) is 10.1. The van der Waals surface area contributed by atoms with Crippen LogP contribution in [0.25, 0.3) is 0 Å². The van der Waals surface area contributed by atoms with Crippen LogP contribution in [0.3, 0.4) is 0 Å². The molecule has 1 atom stereocenters. The van der Waals surface area contributed by atoms with Crippen molar-refractivity contribution in [1.29, 1.82) is 5.26 Å². The molecule has 0 saturated heterocycles. The molecular weight excluding hydrogens is 242 g/mol. The molecule has 4 heteroatoms. The highest BCUT2D eigenvalue weighted by atomic mass is 32.1. The van der Waals surface area contributed by atoms with Gasteiger partial charge in [-0.15, -0.1) is 11.3 Å². The number of nitrogens with zero attached hydrogens (tertiary/aromatic N) is 3. The smallest absolute Gasteiger partial charge is 0.129 e. The molecule has 0 amide bonds. The van der Waals surface area contributed by atoms with Gasteiger partial charge in [0.1, 0.15) is 11.9 Å². The number of fused-ring (bicyclic) bond motifs is 1. The first-order chi connectivity index (χ1) is 8.79. The molecule has 0 aromatic carbocycles. The quantitative estimate of drug-likeness (QED) is 0.786. The molecule has 1 aliphatic rings. The second-order valence-corrected chi connectivity index (χ2v) is 5.44. The fourth-order valence-electron chi connectivity index (χ4n) is 2.44. The van der Waals surface area contributed by atoms with Crippen LogP contribution in [0, 0.1) is 11.3 Å². The summed E-state index contributed by atoms with van der Waals surface area (Å²) in [6.07, 6.45) is 2.73. The van der Waals surface area contributed by atoms with E-state index in [1.807, 2.05) is 23.5 Å². The SMILES string of the molecule is CC1c2ccsc2CCN1c1ccc(C#N)cn1. The molecule has 0 bridgehead atoms. The van der Waals surface area contributed by atoms with E-state index in [0.717, 1.165) is 18.8 Å². The van der Waals surface area contributed by atoms with Gasteiger partial charge in [-0.2, -0.15) is 5.26 Å². The van der Waals surface area contributed by atoms with Gasteiger partial charge in [0.2, 0.25) is 0 Å². The predicted molar refractivity (Wildman–Crippen MR) is 72.7 cm³/mol. The monoisotopic (exact) mass is 255 g/mol. The Bertz CT molecular complexity index is 594. The van der Waals surface area contributed by atoms with Crippen LogP contribution in [0.5, 0.6) is 0 Å². The molecule has 3 nitrogen and oxygen atoms in total. The minimum Gasteiger partial charge on any atom is -0.349 e. The van der Waals surface area contributed by atoms with Gasteiger partial charge in [-0.1, -0.05) is 0 Å². The molecule has 90 valence electrons. The van der Waals surface area contributed by atoms with Crippen molar-refractivity contribution >= 4 is 17.2 Å². The van der Waals surface area contributed by atoms with Crippen LogP contribution in [0.1, 0.15) is 29.0 Å². The third-order valence-corrected chi connectivity index (χ3v) is 4.44. The number of anilines is 1. The lowest BCUT2D eigenvalue weighted by Gasteiger charge is -2.34. The second kappa shape index (κ2) is 4.43. The van der Waals surface area contributed by atoms with E-state index in [2.05, 4.69) is 34.3 Å². The summed E-state index contributed by atoms with van der Waals surface area (Å²) in [6.45, 7) is 3.21. The minimum absolute atomic E-state index is 0.362. The number of aromatic nitrogens is 1. The van der Waals surface area contributed by atoms with Crippen molar-refractivity contribution in [2.45, 2.75) is 19.4 Å². The number of nitriles is 1. The molecule has 0 fully saturated rings. The number of rotatable bonds is 1. The molecule has 0 saturated carbocycles. The van der Waals surface area contributed by atoms with Crippen molar-refractivity contribution in [2.75, 3.05) is 11.4 Å². The highest BCUT2D eigenvalue weighted by molar-refractivity contribution is 7.10. The lowest BCUT2D eigenvalue weighted by atomic mass is 10.0. The predicted octanol–water partition coefficient (Wildman–Crippen LogP) is 3.14. The molecular formula is C14H13N3S. The molecule has 1 unspecified atom stereocenters. The first-order valence-electron chi connectivity index (χ1n) is 5.98. The first kappa shape index (κ1) is 11.2. The Morgan fingerprint density at radius 3 is 3.06 bits per heavy atom. The van der Waals surface area contributed by atoms with Crippen molar-refractivity contribution in [1.82, 2.24) is 4.98 Å². The lowest BCUT2D eigenvalue weighted by molar-refractivity contribution is 0.625. The van der Waals surface area contributed by atoms with E-state index in [4.69, 9.17) is 5.26 Å². The lowest BCUT2D eigenvalue weighted by Crippen LogP contribution is -2.33. The zero-order chi connectivity index (χ0) is 12.5. The topological polar surface area (TPSA) is 39.9 Å². The van der Waals surface area contributed by atoms with Crippen molar-refractivity contribution in [2.24, 2.45) is 0 Å². The number of hydrogen-bond acceptors (Lipinski definition) is 4. The first-order valence-corrected chi connectivity index (χ1v) is 6.86. The van der Waals surface area contributed by atoms with Gasteiger partial charge in [0.15, 0.2) is 0 Å². The van der Waals surface area contributed by atoms with E-state index < -0.39 is 0 Å². The van der Waals surface area contributed by atoms with E-state index in [9.17, 15) is 0 Å². The van der Waals surface area contributed by atoms with Crippen LogP contribution in [0.15, 0.2) is 29.8 Å². The van der Waals surface area contributed by atoms with Crippen LogP contribution >= 0.6 is 11.3 Å². The molecule has 18 heavy (non-hydrogen) atoms. The van der Waals surface area contributed by atoms with E-state index in [1.54, 1.807) is 6.20 Å². The molecule has 0 N–H and O–H groups in total. The van der Waals surface area contributed by atoms with Gasteiger partial charge in [0.05, 0.1) is 11.6 Å². The average Bonchev–Trinajstić information content (AvgIpc) is 2.89. The second-order valence-electron chi connectivity index (χ2n) is 4.44. The third kappa shape index (κ3) is 1.77. The summed E-state index contributed by atoms with van der Waals surface area (Å²) in [5.74, 6) is 0.957. The normalized spacial score (nSPS) is 18.2. The van der Waals surface area contributed by atoms with Crippen LogP contribution in [0.4, 0.5) is 5.82 Å². The highest BCUT2D eigenvalue weighted by Gasteiger charge is 2.25. The molecule has 2 aromatic heterocycles. The van der Waals surface area contributed by atoms with E-state index in [1.165, 1.54) is 10.4 Å². The van der Waals surface area contributed by atoms with Crippen LogP contribution in [-0.2, 0) is 6.42 Å². The molecule has 1 aliphatic heterocycles. The molecule has 3 rings (SSSR count). The van der Waals surface area contributed by atoms with Crippen LogP contribution < -0.4 is 4.90 Å². The standard InChI is InChI=1S/C14H13N3S/c1-10-12-5-7-18-13(12)4-6-17(10)14-3-2-11(8-15)9-16-14/h2-3,5,7,9-10H,4,6H2,1H3. The summed E-state index contributed by atoms with van der Waals surface area (Å²) in [7, 11) is 0. The van der Waals surface area contributed by atoms with Crippen molar-refractivity contribution in [3.05, 3.63) is 45.8 Å². The Morgan fingerprint density at radius 1 is 1.44 bits per heavy atom. The maximum absolute atomic E-state index is 8.79. The molecule has 3 heterocycles. The van der Waals surface area contributed by atoms with Crippen molar-refractivity contribution in [3.8, 4) is 6.07 Å². The average molecular weight is 255 g/mol. The Kier molecular flexibility index (Phi) is 2.77. The van der Waals surface area contributed by atoms with Crippen molar-refractivity contribution < 1.29 is 0 Å². The largest absolute Gasteiger partial charge is 0.349 e. The minimum atomic E-state index is 0.362. The summed E-state index contributed by atoms with van der Waals surface area (Å²) in [6, 6.07) is 8.44. The van der Waals surface area contributed by atoms with Gasteiger partial charge < -0.3 is 4.90 Å². The Labute approximate surface area is 110 Å².